The average molecular weight is 247 g/mol. The number of nitrogens with one attached hydrogen (secondary N) is 1. The minimum absolute atomic E-state index is 0.0760. The highest BCUT2D eigenvalue weighted by atomic mass is 16.4. The highest BCUT2D eigenvalue weighted by Gasteiger charge is 2.44. The third-order valence-corrected chi connectivity index (χ3v) is 3.44. The fourth-order valence-corrected chi connectivity index (χ4v) is 2.21. The van der Waals surface area contributed by atoms with Crippen LogP contribution in [0.15, 0.2) is 24.3 Å². The van der Waals surface area contributed by atoms with Gasteiger partial charge in [-0.2, -0.15) is 0 Å². The van der Waals surface area contributed by atoms with E-state index in [1.807, 2.05) is 31.2 Å². The topological polar surface area (TPSA) is 66.4 Å². The van der Waals surface area contributed by atoms with Crippen LogP contribution in [-0.2, 0) is 9.59 Å². The van der Waals surface area contributed by atoms with Crippen molar-refractivity contribution in [2.75, 3.05) is 0 Å². The molecule has 2 unspecified atom stereocenters. The molecule has 1 saturated carbocycles. The molecule has 0 heterocycles. The van der Waals surface area contributed by atoms with E-state index in [1.54, 1.807) is 0 Å². The molecule has 3 atom stereocenters. The van der Waals surface area contributed by atoms with E-state index in [0.717, 1.165) is 6.42 Å². The molecule has 0 aliphatic heterocycles. The molecular formula is C14H17NO3. The van der Waals surface area contributed by atoms with Crippen LogP contribution in [0.3, 0.4) is 0 Å². The van der Waals surface area contributed by atoms with E-state index in [1.165, 1.54) is 18.1 Å². The molecule has 0 radical (unpaired) electrons. The molecule has 4 heteroatoms. The Balaban J connectivity index is 1.97. The smallest absolute Gasteiger partial charge is 0.325 e. The van der Waals surface area contributed by atoms with Crippen molar-refractivity contribution < 1.29 is 14.7 Å². The Kier molecular flexibility index (Phi) is 3.36. The van der Waals surface area contributed by atoms with Gasteiger partial charge in [0, 0.05) is 5.92 Å². The van der Waals surface area contributed by atoms with Gasteiger partial charge in [0.2, 0.25) is 5.91 Å². The summed E-state index contributed by atoms with van der Waals surface area (Å²) < 4.78 is 0. The fourth-order valence-electron chi connectivity index (χ4n) is 2.21. The summed E-state index contributed by atoms with van der Waals surface area (Å²) in [6.07, 6.45) is 0.809. The van der Waals surface area contributed by atoms with Gasteiger partial charge in [0.1, 0.15) is 6.04 Å². The lowest BCUT2D eigenvalue weighted by Gasteiger charge is -2.09. The van der Waals surface area contributed by atoms with Gasteiger partial charge in [-0.1, -0.05) is 24.3 Å². The van der Waals surface area contributed by atoms with Crippen LogP contribution in [0.1, 0.15) is 30.4 Å². The Morgan fingerprint density at radius 1 is 1.39 bits per heavy atom. The Hall–Kier alpha value is -1.84. The molecule has 1 fully saturated rings. The van der Waals surface area contributed by atoms with Crippen LogP contribution in [0.25, 0.3) is 0 Å². The van der Waals surface area contributed by atoms with Crippen molar-refractivity contribution in [1.82, 2.24) is 5.32 Å². The molecule has 2 N–H and O–H groups in total. The summed E-state index contributed by atoms with van der Waals surface area (Å²) in [6, 6.07) is 7.19. The maximum Gasteiger partial charge on any atom is 0.325 e. The third-order valence-electron chi connectivity index (χ3n) is 3.44. The van der Waals surface area contributed by atoms with Crippen LogP contribution in [-0.4, -0.2) is 23.0 Å². The van der Waals surface area contributed by atoms with Gasteiger partial charge in [0.25, 0.3) is 0 Å². The maximum atomic E-state index is 11.8. The summed E-state index contributed by atoms with van der Waals surface area (Å²) in [6.45, 7) is 3.51. The van der Waals surface area contributed by atoms with E-state index in [9.17, 15) is 9.59 Å². The molecule has 18 heavy (non-hydrogen) atoms. The number of benzene rings is 1. The number of carbonyl (C=O) groups excluding carboxylic acids is 1. The van der Waals surface area contributed by atoms with E-state index in [-0.39, 0.29) is 17.7 Å². The monoisotopic (exact) mass is 247 g/mol. The van der Waals surface area contributed by atoms with Crippen molar-refractivity contribution in [3.63, 3.8) is 0 Å². The van der Waals surface area contributed by atoms with Gasteiger partial charge in [-0.3, -0.25) is 9.59 Å². The molecule has 1 amide bonds. The van der Waals surface area contributed by atoms with Crippen molar-refractivity contribution in [2.45, 2.75) is 32.2 Å². The second-order valence-electron chi connectivity index (χ2n) is 4.87. The van der Waals surface area contributed by atoms with Crippen LogP contribution >= 0.6 is 0 Å². The summed E-state index contributed by atoms with van der Waals surface area (Å²) in [7, 11) is 0. The number of rotatable bonds is 4. The van der Waals surface area contributed by atoms with Crippen molar-refractivity contribution in [3.8, 4) is 0 Å². The first kappa shape index (κ1) is 12.6. The van der Waals surface area contributed by atoms with E-state index in [2.05, 4.69) is 5.32 Å². The first-order valence-electron chi connectivity index (χ1n) is 6.09. The number of carboxylic acid groups (broad SMARTS) is 1. The number of aliphatic carboxylic acids is 1. The second-order valence-corrected chi connectivity index (χ2v) is 4.87. The zero-order valence-electron chi connectivity index (χ0n) is 10.5. The largest absolute Gasteiger partial charge is 0.480 e. The first-order valence-corrected chi connectivity index (χ1v) is 6.09. The third kappa shape index (κ3) is 2.53. The van der Waals surface area contributed by atoms with Gasteiger partial charge in [-0.05, 0) is 37.3 Å². The van der Waals surface area contributed by atoms with Gasteiger partial charge >= 0.3 is 5.97 Å². The molecule has 1 aromatic carbocycles. The lowest BCUT2D eigenvalue weighted by molar-refractivity contribution is -0.141. The average Bonchev–Trinajstić information content (AvgIpc) is 3.09. The standard InChI is InChI=1S/C14H17NO3/c1-8-5-3-4-6-10(8)11-7-12(11)13(16)15-9(2)14(17)18/h3-6,9,11-12H,7H2,1-2H3,(H,15,16)(H,17,18)/t9-,11?,12?/m0/s1. The molecule has 1 aromatic rings. The van der Waals surface area contributed by atoms with Crippen molar-refractivity contribution in [1.29, 1.82) is 0 Å². The quantitative estimate of drug-likeness (QED) is 0.850. The van der Waals surface area contributed by atoms with Gasteiger partial charge < -0.3 is 10.4 Å². The molecular weight excluding hydrogens is 230 g/mol. The van der Waals surface area contributed by atoms with Crippen LogP contribution in [0.4, 0.5) is 0 Å². The minimum atomic E-state index is -1.00. The Morgan fingerprint density at radius 3 is 2.67 bits per heavy atom. The fraction of sp³-hybridized carbons (Fsp3) is 0.429. The van der Waals surface area contributed by atoms with Crippen molar-refractivity contribution in [2.24, 2.45) is 5.92 Å². The highest BCUT2D eigenvalue weighted by molar-refractivity contribution is 5.87. The second kappa shape index (κ2) is 4.80. The molecule has 4 nitrogen and oxygen atoms in total. The molecule has 0 aromatic heterocycles. The highest BCUT2D eigenvalue weighted by Crippen LogP contribution is 2.48. The van der Waals surface area contributed by atoms with Crippen LogP contribution < -0.4 is 5.32 Å². The number of aryl methyl sites for hydroxylation is 1. The van der Waals surface area contributed by atoms with E-state index < -0.39 is 12.0 Å². The van der Waals surface area contributed by atoms with Crippen LogP contribution in [0.5, 0.6) is 0 Å². The zero-order chi connectivity index (χ0) is 13.3. The predicted octanol–water partition coefficient (Wildman–Crippen LogP) is 1.69. The van der Waals surface area contributed by atoms with Gasteiger partial charge in [0.05, 0.1) is 0 Å². The summed E-state index contributed by atoms with van der Waals surface area (Å²) in [5.41, 5.74) is 2.38. The van der Waals surface area contributed by atoms with Gasteiger partial charge in [-0.25, -0.2) is 0 Å². The van der Waals surface area contributed by atoms with E-state index in [4.69, 9.17) is 5.11 Å². The molecule has 0 saturated heterocycles. The Morgan fingerprint density at radius 2 is 2.06 bits per heavy atom. The SMILES string of the molecule is Cc1ccccc1C1CC1C(=O)N[C@@H](C)C(=O)O. The number of amides is 1. The van der Waals surface area contributed by atoms with Crippen molar-refractivity contribution >= 4 is 11.9 Å². The lowest BCUT2D eigenvalue weighted by atomic mass is 10.0. The Bertz CT molecular complexity index is 484. The summed E-state index contributed by atoms with van der Waals surface area (Å²) in [5, 5.41) is 11.3. The number of hydrogen-bond donors (Lipinski definition) is 2. The van der Waals surface area contributed by atoms with E-state index in [0.29, 0.717) is 0 Å². The normalized spacial score (nSPS) is 23.2. The molecule has 1 aliphatic carbocycles. The summed E-state index contributed by atoms with van der Waals surface area (Å²) >= 11 is 0. The first-order chi connectivity index (χ1) is 8.50. The Labute approximate surface area is 106 Å². The molecule has 1 aliphatic rings. The molecule has 2 rings (SSSR count). The number of carbonyl (C=O) groups is 2. The zero-order valence-corrected chi connectivity index (χ0v) is 10.5. The van der Waals surface area contributed by atoms with Gasteiger partial charge in [-0.15, -0.1) is 0 Å². The minimum Gasteiger partial charge on any atom is -0.480 e. The van der Waals surface area contributed by atoms with Crippen LogP contribution in [0, 0.1) is 12.8 Å². The summed E-state index contributed by atoms with van der Waals surface area (Å²) in [4.78, 5) is 22.5. The molecule has 0 spiro atoms. The number of carboxylic acids is 1. The number of hydrogen-bond acceptors (Lipinski definition) is 2. The maximum absolute atomic E-state index is 11.8. The van der Waals surface area contributed by atoms with Crippen LogP contribution in [0.2, 0.25) is 0 Å². The summed E-state index contributed by atoms with van der Waals surface area (Å²) in [5.74, 6) is -0.991. The van der Waals surface area contributed by atoms with Gasteiger partial charge in [0.15, 0.2) is 0 Å². The lowest BCUT2D eigenvalue weighted by Crippen LogP contribution is -2.39. The predicted molar refractivity (Wildman–Crippen MR) is 67.3 cm³/mol. The van der Waals surface area contributed by atoms with Crippen molar-refractivity contribution in [3.05, 3.63) is 35.4 Å². The molecule has 96 valence electrons. The van der Waals surface area contributed by atoms with E-state index >= 15 is 0 Å². The molecule has 0 bridgehead atoms.